The van der Waals surface area contributed by atoms with Gasteiger partial charge in [0, 0.05) is 11.1 Å². The summed E-state index contributed by atoms with van der Waals surface area (Å²) >= 11 is 1.35. The van der Waals surface area contributed by atoms with Crippen LogP contribution >= 0.6 is 11.3 Å². The summed E-state index contributed by atoms with van der Waals surface area (Å²) in [7, 11) is 1.40. The highest BCUT2D eigenvalue weighted by Gasteiger charge is 2.16. The Labute approximate surface area is 103 Å². The minimum atomic E-state index is -0.894. The standard InChI is InChI=1S/C12H12FNO2S/c1-7-6-17-12(14-7)11(15)8-3-4-10(16-2)9(13)5-8/h3-6,11,15H,1-2H3. The number of halogens is 1. The van der Waals surface area contributed by atoms with Crippen molar-refractivity contribution in [3.05, 3.63) is 45.7 Å². The molecule has 90 valence electrons. The molecular weight excluding hydrogens is 241 g/mol. The van der Waals surface area contributed by atoms with Crippen LogP contribution in [0.4, 0.5) is 4.39 Å². The molecule has 1 aromatic heterocycles. The van der Waals surface area contributed by atoms with Gasteiger partial charge in [0.15, 0.2) is 11.6 Å². The first-order chi connectivity index (χ1) is 8.11. The molecule has 0 amide bonds. The summed E-state index contributed by atoms with van der Waals surface area (Å²) in [5.74, 6) is -0.325. The average molecular weight is 253 g/mol. The lowest BCUT2D eigenvalue weighted by Gasteiger charge is -2.09. The maximum absolute atomic E-state index is 13.5. The third-order valence-corrected chi connectivity index (χ3v) is 3.38. The summed E-state index contributed by atoms with van der Waals surface area (Å²) in [6, 6.07) is 4.39. The molecule has 0 fully saturated rings. The van der Waals surface area contributed by atoms with Gasteiger partial charge in [-0.2, -0.15) is 0 Å². The highest BCUT2D eigenvalue weighted by molar-refractivity contribution is 7.09. The van der Waals surface area contributed by atoms with Gasteiger partial charge in [-0.25, -0.2) is 9.37 Å². The molecule has 17 heavy (non-hydrogen) atoms. The van der Waals surface area contributed by atoms with Crippen molar-refractivity contribution in [2.24, 2.45) is 0 Å². The predicted octanol–water partition coefficient (Wildman–Crippen LogP) is 2.68. The van der Waals surface area contributed by atoms with E-state index in [1.54, 1.807) is 6.07 Å². The van der Waals surface area contributed by atoms with Gasteiger partial charge in [0.25, 0.3) is 0 Å². The van der Waals surface area contributed by atoms with Crippen LogP contribution in [0, 0.1) is 12.7 Å². The largest absolute Gasteiger partial charge is 0.494 e. The van der Waals surface area contributed by atoms with E-state index in [-0.39, 0.29) is 5.75 Å². The Balaban J connectivity index is 2.31. The predicted molar refractivity (Wildman–Crippen MR) is 63.9 cm³/mol. The smallest absolute Gasteiger partial charge is 0.165 e. The Morgan fingerprint density at radius 2 is 2.24 bits per heavy atom. The van der Waals surface area contributed by atoms with Crippen molar-refractivity contribution >= 4 is 11.3 Å². The van der Waals surface area contributed by atoms with E-state index in [0.29, 0.717) is 10.6 Å². The molecule has 0 aliphatic rings. The zero-order valence-corrected chi connectivity index (χ0v) is 10.3. The molecule has 1 unspecified atom stereocenters. The van der Waals surface area contributed by atoms with Crippen molar-refractivity contribution in [1.82, 2.24) is 4.98 Å². The summed E-state index contributed by atoms with van der Waals surface area (Å²) in [5.41, 5.74) is 1.32. The molecule has 0 aliphatic heterocycles. The van der Waals surface area contributed by atoms with E-state index in [0.717, 1.165) is 5.69 Å². The maximum atomic E-state index is 13.5. The molecule has 0 radical (unpaired) electrons. The van der Waals surface area contributed by atoms with Crippen LogP contribution < -0.4 is 4.74 Å². The number of hydrogen-bond donors (Lipinski definition) is 1. The Bertz CT molecular complexity index is 527. The van der Waals surface area contributed by atoms with Crippen molar-refractivity contribution in [2.75, 3.05) is 7.11 Å². The highest BCUT2D eigenvalue weighted by atomic mass is 32.1. The SMILES string of the molecule is COc1ccc(C(O)c2nc(C)cs2)cc1F. The van der Waals surface area contributed by atoms with E-state index in [1.165, 1.54) is 30.6 Å². The van der Waals surface area contributed by atoms with Crippen LogP contribution in [0.1, 0.15) is 22.4 Å². The fraction of sp³-hybridized carbons (Fsp3) is 0.250. The van der Waals surface area contributed by atoms with Gasteiger partial charge in [-0.05, 0) is 24.6 Å². The quantitative estimate of drug-likeness (QED) is 0.914. The van der Waals surface area contributed by atoms with E-state index in [9.17, 15) is 9.50 Å². The number of ether oxygens (including phenoxy) is 1. The van der Waals surface area contributed by atoms with Crippen molar-refractivity contribution in [3.8, 4) is 5.75 Å². The monoisotopic (exact) mass is 253 g/mol. The van der Waals surface area contributed by atoms with Gasteiger partial charge in [-0.15, -0.1) is 11.3 Å². The van der Waals surface area contributed by atoms with Gasteiger partial charge in [-0.3, -0.25) is 0 Å². The lowest BCUT2D eigenvalue weighted by atomic mass is 10.1. The second-order valence-electron chi connectivity index (χ2n) is 3.62. The number of thiazole rings is 1. The second kappa shape index (κ2) is 4.81. The molecule has 1 aromatic carbocycles. The first-order valence-electron chi connectivity index (χ1n) is 5.05. The van der Waals surface area contributed by atoms with Gasteiger partial charge in [0.2, 0.25) is 0 Å². The van der Waals surface area contributed by atoms with Crippen molar-refractivity contribution in [1.29, 1.82) is 0 Å². The van der Waals surface area contributed by atoms with Crippen LogP contribution in [0.3, 0.4) is 0 Å². The summed E-state index contributed by atoms with van der Waals surface area (Å²) in [4.78, 5) is 4.17. The number of aliphatic hydroxyl groups is 1. The van der Waals surface area contributed by atoms with E-state index in [2.05, 4.69) is 4.98 Å². The third kappa shape index (κ3) is 2.45. The van der Waals surface area contributed by atoms with Crippen molar-refractivity contribution < 1.29 is 14.2 Å². The van der Waals surface area contributed by atoms with Crippen molar-refractivity contribution in [3.63, 3.8) is 0 Å². The zero-order valence-electron chi connectivity index (χ0n) is 9.48. The van der Waals surface area contributed by atoms with Gasteiger partial charge < -0.3 is 9.84 Å². The van der Waals surface area contributed by atoms with Gasteiger partial charge in [0.05, 0.1) is 7.11 Å². The molecule has 1 N–H and O–H groups in total. The van der Waals surface area contributed by atoms with Gasteiger partial charge in [0.1, 0.15) is 11.1 Å². The summed E-state index contributed by atoms with van der Waals surface area (Å²) < 4.78 is 18.3. The number of aryl methyl sites for hydroxylation is 1. The fourth-order valence-electron chi connectivity index (χ4n) is 1.49. The van der Waals surface area contributed by atoms with Crippen LogP contribution in [0.25, 0.3) is 0 Å². The Kier molecular flexibility index (Phi) is 3.40. The molecule has 0 aliphatic carbocycles. The zero-order chi connectivity index (χ0) is 12.4. The first-order valence-corrected chi connectivity index (χ1v) is 5.93. The molecule has 0 bridgehead atoms. The molecule has 0 spiro atoms. The summed E-state index contributed by atoms with van der Waals surface area (Å²) in [5, 5.41) is 12.4. The van der Waals surface area contributed by atoms with Crippen LogP contribution in [0.2, 0.25) is 0 Å². The van der Waals surface area contributed by atoms with E-state index >= 15 is 0 Å². The molecule has 1 heterocycles. The van der Waals surface area contributed by atoms with E-state index < -0.39 is 11.9 Å². The summed E-state index contributed by atoms with van der Waals surface area (Å²) in [6.45, 7) is 1.85. The van der Waals surface area contributed by atoms with Crippen molar-refractivity contribution in [2.45, 2.75) is 13.0 Å². The fourth-order valence-corrected chi connectivity index (χ4v) is 2.30. The third-order valence-electron chi connectivity index (χ3n) is 2.36. The molecular formula is C12H12FNO2S. The molecule has 2 rings (SSSR count). The number of benzene rings is 1. The first kappa shape index (κ1) is 12.0. The molecule has 1 atom stereocenters. The molecule has 0 saturated carbocycles. The van der Waals surface area contributed by atoms with E-state index in [1.807, 2.05) is 12.3 Å². The normalized spacial score (nSPS) is 12.5. The molecule has 2 aromatic rings. The van der Waals surface area contributed by atoms with Crippen LogP contribution in [0.15, 0.2) is 23.6 Å². The second-order valence-corrected chi connectivity index (χ2v) is 4.51. The Hall–Kier alpha value is -1.46. The number of nitrogens with zero attached hydrogens (tertiary/aromatic N) is 1. The van der Waals surface area contributed by atoms with Gasteiger partial charge in [-0.1, -0.05) is 6.07 Å². The number of aliphatic hydroxyl groups excluding tert-OH is 1. The average Bonchev–Trinajstić information content (AvgIpc) is 2.75. The van der Waals surface area contributed by atoms with Crippen LogP contribution in [-0.4, -0.2) is 17.2 Å². The number of hydrogen-bond acceptors (Lipinski definition) is 4. The molecule has 5 heteroatoms. The minimum absolute atomic E-state index is 0.163. The lowest BCUT2D eigenvalue weighted by Crippen LogP contribution is -2.00. The topological polar surface area (TPSA) is 42.4 Å². The van der Waals surface area contributed by atoms with Gasteiger partial charge >= 0.3 is 0 Å². The lowest BCUT2D eigenvalue weighted by molar-refractivity contribution is 0.219. The Morgan fingerprint density at radius 1 is 1.47 bits per heavy atom. The van der Waals surface area contributed by atoms with E-state index in [4.69, 9.17) is 4.74 Å². The minimum Gasteiger partial charge on any atom is -0.494 e. The van der Waals surface area contributed by atoms with Crippen LogP contribution in [-0.2, 0) is 0 Å². The molecule has 0 saturated heterocycles. The number of aromatic nitrogens is 1. The highest BCUT2D eigenvalue weighted by Crippen LogP contribution is 2.27. The number of methoxy groups -OCH3 is 1. The maximum Gasteiger partial charge on any atom is 0.165 e. The van der Waals surface area contributed by atoms with Crippen LogP contribution in [0.5, 0.6) is 5.75 Å². The Morgan fingerprint density at radius 3 is 2.76 bits per heavy atom. The summed E-state index contributed by atoms with van der Waals surface area (Å²) in [6.07, 6.45) is -0.894. The number of rotatable bonds is 3. The molecule has 3 nitrogen and oxygen atoms in total.